The van der Waals surface area contributed by atoms with Gasteiger partial charge in [0.1, 0.15) is 11.5 Å². The van der Waals surface area contributed by atoms with E-state index in [0.29, 0.717) is 33.3 Å². The fourth-order valence-electron chi connectivity index (χ4n) is 2.80. The molecule has 0 unspecified atom stereocenters. The molecule has 2 N–H and O–H groups in total. The summed E-state index contributed by atoms with van der Waals surface area (Å²) in [5, 5.41) is 7.21. The van der Waals surface area contributed by atoms with Crippen LogP contribution in [0, 0.1) is 6.92 Å². The number of amides is 2. The van der Waals surface area contributed by atoms with Gasteiger partial charge < -0.3 is 14.8 Å². The van der Waals surface area contributed by atoms with Gasteiger partial charge in [-0.1, -0.05) is 29.8 Å². The molecule has 0 heterocycles. The lowest BCUT2D eigenvalue weighted by atomic mass is 10.2. The lowest BCUT2D eigenvalue weighted by Crippen LogP contribution is -2.20. The summed E-state index contributed by atoms with van der Waals surface area (Å²) in [6.07, 6.45) is 1.40. The monoisotopic (exact) mass is 451 g/mol. The third kappa shape index (κ3) is 6.58. The molecule has 164 valence electrons. The number of anilines is 1. The minimum Gasteiger partial charge on any atom is -0.497 e. The Kier molecular flexibility index (Phi) is 7.83. The van der Waals surface area contributed by atoms with Gasteiger partial charge in [0.15, 0.2) is 6.61 Å². The van der Waals surface area contributed by atoms with Crippen LogP contribution < -0.4 is 20.2 Å². The first-order chi connectivity index (χ1) is 15.4. The smallest absolute Gasteiger partial charge is 0.271 e. The molecule has 0 spiro atoms. The maximum Gasteiger partial charge on any atom is 0.271 e. The van der Waals surface area contributed by atoms with E-state index in [1.807, 2.05) is 25.1 Å². The van der Waals surface area contributed by atoms with Gasteiger partial charge in [0, 0.05) is 21.8 Å². The maximum absolute atomic E-state index is 12.3. The Morgan fingerprint density at radius 2 is 1.88 bits per heavy atom. The van der Waals surface area contributed by atoms with E-state index < -0.39 is 5.91 Å². The molecule has 7 nitrogen and oxygen atoms in total. The molecule has 2 amide bonds. The third-order valence-electron chi connectivity index (χ3n) is 4.33. The van der Waals surface area contributed by atoms with Gasteiger partial charge in [0.2, 0.25) is 0 Å². The lowest BCUT2D eigenvalue weighted by molar-refractivity contribution is -0.118. The lowest BCUT2D eigenvalue weighted by Gasteiger charge is -2.10. The van der Waals surface area contributed by atoms with E-state index in [-0.39, 0.29) is 12.5 Å². The molecular weight excluding hydrogens is 430 g/mol. The van der Waals surface area contributed by atoms with Gasteiger partial charge in [0.25, 0.3) is 11.8 Å². The van der Waals surface area contributed by atoms with Crippen LogP contribution in [0.25, 0.3) is 0 Å². The van der Waals surface area contributed by atoms with E-state index in [0.717, 1.165) is 5.56 Å². The van der Waals surface area contributed by atoms with Gasteiger partial charge in [-0.15, -0.1) is 0 Å². The highest BCUT2D eigenvalue weighted by Crippen LogP contribution is 2.21. The molecule has 0 aromatic heterocycles. The zero-order valence-corrected chi connectivity index (χ0v) is 18.3. The summed E-state index contributed by atoms with van der Waals surface area (Å²) in [5.41, 5.74) is 5.08. The first kappa shape index (κ1) is 22.8. The quantitative estimate of drug-likeness (QED) is 0.391. The number of hydrazone groups is 1. The summed E-state index contributed by atoms with van der Waals surface area (Å²) in [4.78, 5) is 24.5. The van der Waals surface area contributed by atoms with Gasteiger partial charge in [-0.05, 0) is 61.0 Å². The van der Waals surface area contributed by atoms with Crippen molar-refractivity contribution in [3.8, 4) is 11.5 Å². The van der Waals surface area contributed by atoms with Crippen LogP contribution >= 0.6 is 11.6 Å². The molecular formula is C24H22ClN3O4. The molecule has 8 heteroatoms. The number of methoxy groups -OCH3 is 1. The number of aryl methyl sites for hydroxylation is 1. The van der Waals surface area contributed by atoms with Crippen molar-refractivity contribution < 1.29 is 19.1 Å². The highest BCUT2D eigenvalue weighted by atomic mass is 35.5. The average Bonchev–Trinajstić information content (AvgIpc) is 2.78. The largest absolute Gasteiger partial charge is 0.497 e. The molecule has 0 fully saturated rings. The van der Waals surface area contributed by atoms with E-state index >= 15 is 0 Å². The van der Waals surface area contributed by atoms with Crippen molar-refractivity contribution in [1.82, 2.24) is 5.43 Å². The Morgan fingerprint density at radius 1 is 1.06 bits per heavy atom. The van der Waals surface area contributed by atoms with Gasteiger partial charge in [-0.3, -0.25) is 9.59 Å². The summed E-state index contributed by atoms with van der Waals surface area (Å²) in [6.45, 7) is 1.74. The number of nitrogens with zero attached hydrogens (tertiary/aromatic N) is 1. The molecule has 32 heavy (non-hydrogen) atoms. The normalized spacial score (nSPS) is 10.6. The number of ether oxygens (including phenoxy) is 2. The Bertz CT molecular complexity index is 1150. The van der Waals surface area contributed by atoms with E-state index in [1.165, 1.54) is 13.3 Å². The van der Waals surface area contributed by atoms with Crippen molar-refractivity contribution in [2.45, 2.75) is 6.92 Å². The number of benzene rings is 3. The molecule has 0 bridgehead atoms. The van der Waals surface area contributed by atoms with Crippen molar-refractivity contribution in [2.75, 3.05) is 19.0 Å². The molecule has 3 aromatic rings. The highest BCUT2D eigenvalue weighted by molar-refractivity contribution is 6.30. The summed E-state index contributed by atoms with van der Waals surface area (Å²) in [5.74, 6) is 0.256. The Morgan fingerprint density at radius 3 is 2.66 bits per heavy atom. The van der Waals surface area contributed by atoms with Crippen LogP contribution in [-0.4, -0.2) is 31.7 Å². The SMILES string of the molecule is COc1cccc(C(=O)N/N=C/c2cc(Cl)ccc2OCC(=O)Nc2cccc(C)c2)c1. The Balaban J connectivity index is 1.62. The van der Waals surface area contributed by atoms with Gasteiger partial charge in [-0.2, -0.15) is 5.10 Å². The Labute approximate surface area is 191 Å². The summed E-state index contributed by atoms with van der Waals surface area (Å²) >= 11 is 6.07. The predicted molar refractivity (Wildman–Crippen MR) is 125 cm³/mol. The molecule has 0 aliphatic rings. The number of nitrogens with one attached hydrogen (secondary N) is 2. The predicted octanol–water partition coefficient (Wildman–Crippen LogP) is 4.44. The summed E-state index contributed by atoms with van der Waals surface area (Å²) in [7, 11) is 1.52. The van der Waals surface area contributed by atoms with Crippen molar-refractivity contribution >= 4 is 35.3 Å². The summed E-state index contributed by atoms with van der Waals surface area (Å²) < 4.78 is 10.8. The standard InChI is InChI=1S/C24H22ClN3O4/c1-16-5-3-7-20(11-16)27-23(29)15-32-22-10-9-19(25)12-18(22)14-26-28-24(30)17-6-4-8-21(13-17)31-2/h3-14H,15H2,1-2H3,(H,27,29)(H,28,30)/b26-14+. The molecule has 0 radical (unpaired) electrons. The number of hydrogen-bond donors (Lipinski definition) is 2. The molecule has 3 aromatic carbocycles. The van der Waals surface area contributed by atoms with E-state index in [2.05, 4.69) is 15.8 Å². The fourth-order valence-corrected chi connectivity index (χ4v) is 2.98. The van der Waals surface area contributed by atoms with Crippen LogP contribution in [0.4, 0.5) is 5.69 Å². The number of rotatable bonds is 8. The zero-order valence-electron chi connectivity index (χ0n) is 17.6. The van der Waals surface area contributed by atoms with Crippen LogP contribution in [0.1, 0.15) is 21.5 Å². The number of carbonyl (C=O) groups excluding carboxylic acids is 2. The van der Waals surface area contributed by atoms with Crippen LogP contribution in [0.5, 0.6) is 11.5 Å². The van der Waals surface area contributed by atoms with Crippen molar-refractivity contribution in [1.29, 1.82) is 0 Å². The molecule has 0 atom stereocenters. The third-order valence-corrected chi connectivity index (χ3v) is 4.57. The van der Waals surface area contributed by atoms with E-state index in [9.17, 15) is 9.59 Å². The average molecular weight is 452 g/mol. The number of hydrogen-bond acceptors (Lipinski definition) is 5. The van der Waals surface area contributed by atoms with Crippen LogP contribution in [-0.2, 0) is 4.79 Å². The topological polar surface area (TPSA) is 89.0 Å². The second kappa shape index (κ2) is 11.0. The minimum absolute atomic E-state index is 0.202. The number of carbonyl (C=O) groups is 2. The molecule has 0 aliphatic carbocycles. The fraction of sp³-hybridized carbons (Fsp3) is 0.125. The van der Waals surface area contributed by atoms with Crippen LogP contribution in [0.2, 0.25) is 5.02 Å². The van der Waals surface area contributed by atoms with E-state index in [1.54, 1.807) is 48.5 Å². The van der Waals surface area contributed by atoms with Crippen molar-refractivity contribution in [3.05, 3.63) is 88.4 Å². The Hall–Kier alpha value is -3.84. The molecule has 0 saturated carbocycles. The van der Waals surface area contributed by atoms with Crippen LogP contribution in [0.15, 0.2) is 71.8 Å². The second-order valence-corrected chi connectivity index (χ2v) is 7.26. The van der Waals surface area contributed by atoms with Crippen LogP contribution in [0.3, 0.4) is 0 Å². The first-order valence-electron chi connectivity index (χ1n) is 9.71. The maximum atomic E-state index is 12.3. The summed E-state index contributed by atoms with van der Waals surface area (Å²) in [6, 6.07) is 19.1. The zero-order chi connectivity index (χ0) is 22.9. The minimum atomic E-state index is -0.401. The molecule has 0 aliphatic heterocycles. The molecule has 3 rings (SSSR count). The van der Waals surface area contributed by atoms with Gasteiger partial charge >= 0.3 is 0 Å². The molecule has 0 saturated heterocycles. The van der Waals surface area contributed by atoms with Gasteiger partial charge in [0.05, 0.1) is 13.3 Å². The first-order valence-corrected chi connectivity index (χ1v) is 10.1. The highest BCUT2D eigenvalue weighted by Gasteiger charge is 2.09. The van der Waals surface area contributed by atoms with Crippen molar-refractivity contribution in [2.24, 2.45) is 5.10 Å². The second-order valence-electron chi connectivity index (χ2n) is 6.82. The van der Waals surface area contributed by atoms with E-state index in [4.69, 9.17) is 21.1 Å². The van der Waals surface area contributed by atoms with Crippen molar-refractivity contribution in [3.63, 3.8) is 0 Å². The van der Waals surface area contributed by atoms with Gasteiger partial charge in [-0.25, -0.2) is 5.43 Å². The number of halogens is 1.